The Kier molecular flexibility index (Phi) is 7.34. The van der Waals surface area contributed by atoms with Gasteiger partial charge in [-0.2, -0.15) is 5.26 Å². The first kappa shape index (κ1) is 23.9. The van der Waals surface area contributed by atoms with Gasteiger partial charge < -0.3 is 5.11 Å². The fraction of sp³-hybridized carbons (Fsp3) is 0.143. The van der Waals surface area contributed by atoms with E-state index in [-0.39, 0.29) is 12.3 Å². The standard InChI is InChI=1S/C28H23N3O3S/c1-31(27(34)22(16-26(32)33)14-19-8-4-2-5-9-19)28-30-25(18-35-28)24-15-20(17-29)12-13-23(24)21-10-6-3-7-11-21/h2-13,15,18,22H,14,16H2,1H3,(H,32,33). The van der Waals surface area contributed by atoms with E-state index in [1.54, 1.807) is 19.2 Å². The van der Waals surface area contributed by atoms with Crippen molar-refractivity contribution in [2.24, 2.45) is 5.92 Å². The number of amides is 1. The van der Waals surface area contributed by atoms with Crippen molar-refractivity contribution in [3.63, 3.8) is 0 Å². The normalized spacial score (nSPS) is 11.4. The first-order chi connectivity index (χ1) is 17.0. The van der Waals surface area contributed by atoms with Gasteiger partial charge in [0.15, 0.2) is 5.13 Å². The van der Waals surface area contributed by atoms with Crippen LogP contribution in [0.4, 0.5) is 5.13 Å². The van der Waals surface area contributed by atoms with Crippen LogP contribution in [-0.4, -0.2) is 29.0 Å². The van der Waals surface area contributed by atoms with E-state index in [0.29, 0.717) is 22.8 Å². The quantitative estimate of drug-likeness (QED) is 0.351. The second kappa shape index (κ2) is 10.8. The van der Waals surface area contributed by atoms with Crippen LogP contribution in [0.25, 0.3) is 22.4 Å². The van der Waals surface area contributed by atoms with Crippen molar-refractivity contribution >= 4 is 28.3 Å². The van der Waals surface area contributed by atoms with E-state index in [1.165, 1.54) is 16.2 Å². The lowest BCUT2D eigenvalue weighted by Gasteiger charge is -2.21. The molecule has 7 heteroatoms. The van der Waals surface area contributed by atoms with Crippen molar-refractivity contribution in [2.75, 3.05) is 11.9 Å². The molecule has 0 aliphatic carbocycles. The molecule has 0 spiro atoms. The molecule has 174 valence electrons. The van der Waals surface area contributed by atoms with Crippen LogP contribution in [0.5, 0.6) is 0 Å². The lowest BCUT2D eigenvalue weighted by atomic mass is 9.95. The summed E-state index contributed by atoms with van der Waals surface area (Å²) in [5.74, 6) is -2.03. The lowest BCUT2D eigenvalue weighted by molar-refractivity contribution is -0.140. The number of hydrogen-bond donors (Lipinski definition) is 1. The van der Waals surface area contributed by atoms with E-state index >= 15 is 0 Å². The summed E-state index contributed by atoms with van der Waals surface area (Å²) in [5.41, 5.74) is 4.80. The molecule has 1 atom stereocenters. The summed E-state index contributed by atoms with van der Waals surface area (Å²) in [5, 5.41) is 21.1. The molecule has 3 aromatic carbocycles. The lowest BCUT2D eigenvalue weighted by Crippen LogP contribution is -2.35. The Hall–Kier alpha value is -4.28. The van der Waals surface area contributed by atoms with E-state index in [4.69, 9.17) is 4.98 Å². The molecule has 4 rings (SSSR count). The summed E-state index contributed by atoms with van der Waals surface area (Å²) in [7, 11) is 1.62. The van der Waals surface area contributed by atoms with Crippen LogP contribution < -0.4 is 4.90 Å². The van der Waals surface area contributed by atoms with E-state index in [0.717, 1.165) is 22.3 Å². The zero-order valence-corrected chi connectivity index (χ0v) is 19.9. The van der Waals surface area contributed by atoms with Crippen molar-refractivity contribution in [2.45, 2.75) is 12.8 Å². The highest BCUT2D eigenvalue weighted by molar-refractivity contribution is 7.14. The summed E-state index contributed by atoms with van der Waals surface area (Å²) in [6, 6.07) is 26.9. The smallest absolute Gasteiger partial charge is 0.304 e. The number of nitriles is 1. The topological polar surface area (TPSA) is 94.3 Å². The van der Waals surface area contributed by atoms with Crippen LogP contribution in [0.3, 0.4) is 0 Å². The van der Waals surface area contributed by atoms with Gasteiger partial charge in [-0.3, -0.25) is 14.5 Å². The number of hydrogen-bond acceptors (Lipinski definition) is 5. The second-order valence-electron chi connectivity index (χ2n) is 8.14. The van der Waals surface area contributed by atoms with Gasteiger partial charge in [-0.15, -0.1) is 11.3 Å². The van der Waals surface area contributed by atoms with Gasteiger partial charge in [0.2, 0.25) is 5.91 Å². The zero-order chi connectivity index (χ0) is 24.8. The highest BCUT2D eigenvalue weighted by atomic mass is 32.1. The summed E-state index contributed by atoms with van der Waals surface area (Å²) in [4.78, 5) is 30.9. The molecule has 0 fully saturated rings. The van der Waals surface area contributed by atoms with Crippen molar-refractivity contribution < 1.29 is 14.7 Å². The summed E-state index contributed by atoms with van der Waals surface area (Å²) in [6.45, 7) is 0. The maximum atomic E-state index is 13.3. The Morgan fingerprint density at radius 3 is 2.37 bits per heavy atom. The molecular formula is C28H23N3O3S. The van der Waals surface area contributed by atoms with Crippen LogP contribution in [0.15, 0.2) is 84.2 Å². The molecule has 1 aromatic heterocycles. The Balaban J connectivity index is 1.64. The largest absolute Gasteiger partial charge is 0.481 e. The van der Waals surface area contributed by atoms with Gasteiger partial charge in [-0.05, 0) is 35.2 Å². The van der Waals surface area contributed by atoms with Gasteiger partial charge in [-0.25, -0.2) is 4.98 Å². The molecule has 35 heavy (non-hydrogen) atoms. The van der Waals surface area contributed by atoms with E-state index in [1.807, 2.05) is 72.1 Å². The molecule has 0 saturated carbocycles. The third-order valence-corrected chi connectivity index (χ3v) is 6.63. The third-order valence-electron chi connectivity index (χ3n) is 5.71. The number of carboxylic acids is 1. The molecule has 0 aliphatic rings. The van der Waals surface area contributed by atoms with E-state index in [2.05, 4.69) is 6.07 Å². The van der Waals surface area contributed by atoms with Gasteiger partial charge in [-0.1, -0.05) is 66.7 Å². The van der Waals surface area contributed by atoms with Crippen LogP contribution in [0.2, 0.25) is 0 Å². The fourth-order valence-electron chi connectivity index (χ4n) is 3.96. The van der Waals surface area contributed by atoms with E-state index in [9.17, 15) is 20.0 Å². The second-order valence-corrected chi connectivity index (χ2v) is 8.97. The van der Waals surface area contributed by atoms with Crippen LogP contribution in [0.1, 0.15) is 17.5 Å². The predicted octanol–water partition coefficient (Wildman–Crippen LogP) is 5.65. The molecule has 1 N–H and O–H groups in total. The minimum Gasteiger partial charge on any atom is -0.481 e. The van der Waals surface area contributed by atoms with Gasteiger partial charge in [0.25, 0.3) is 0 Å². The molecule has 0 radical (unpaired) electrons. The molecule has 6 nitrogen and oxygen atoms in total. The first-order valence-electron chi connectivity index (χ1n) is 11.0. The van der Waals surface area contributed by atoms with Gasteiger partial charge in [0.1, 0.15) is 0 Å². The monoisotopic (exact) mass is 481 g/mol. The average Bonchev–Trinajstić information content (AvgIpc) is 3.38. The Morgan fingerprint density at radius 2 is 1.71 bits per heavy atom. The molecule has 1 amide bonds. The molecule has 1 heterocycles. The van der Waals surface area contributed by atoms with Gasteiger partial charge in [0, 0.05) is 18.0 Å². The number of carbonyl (C=O) groups is 2. The van der Waals surface area contributed by atoms with Crippen molar-refractivity contribution in [1.29, 1.82) is 5.26 Å². The number of benzene rings is 3. The highest BCUT2D eigenvalue weighted by Crippen LogP contribution is 2.35. The Labute approximate surface area is 207 Å². The zero-order valence-electron chi connectivity index (χ0n) is 19.1. The third kappa shape index (κ3) is 5.62. The Bertz CT molecular complexity index is 1380. The van der Waals surface area contributed by atoms with Crippen LogP contribution >= 0.6 is 11.3 Å². The SMILES string of the molecule is CN(C(=O)C(CC(=O)O)Cc1ccccc1)c1nc(-c2cc(C#N)ccc2-c2ccccc2)cs1. The number of rotatable bonds is 8. The number of aliphatic carboxylic acids is 1. The molecular weight excluding hydrogens is 458 g/mol. The van der Waals surface area contributed by atoms with Crippen LogP contribution in [-0.2, 0) is 16.0 Å². The minimum absolute atomic E-state index is 0.265. The number of aromatic nitrogens is 1. The van der Waals surface area contributed by atoms with Crippen LogP contribution in [0, 0.1) is 17.2 Å². The summed E-state index contributed by atoms with van der Waals surface area (Å²) >= 11 is 1.30. The summed E-state index contributed by atoms with van der Waals surface area (Å²) in [6.07, 6.45) is 0.0651. The fourth-order valence-corrected chi connectivity index (χ4v) is 4.76. The van der Waals surface area contributed by atoms with Gasteiger partial charge in [0.05, 0.1) is 29.7 Å². The molecule has 1 unspecified atom stereocenters. The van der Waals surface area contributed by atoms with Crippen molar-refractivity contribution in [1.82, 2.24) is 4.98 Å². The summed E-state index contributed by atoms with van der Waals surface area (Å²) < 4.78 is 0. The number of carbonyl (C=O) groups excluding carboxylic acids is 1. The maximum Gasteiger partial charge on any atom is 0.304 e. The molecule has 4 aromatic rings. The molecule has 0 aliphatic heterocycles. The predicted molar refractivity (Wildman–Crippen MR) is 137 cm³/mol. The maximum absolute atomic E-state index is 13.3. The number of thiazole rings is 1. The van der Waals surface area contributed by atoms with E-state index < -0.39 is 11.9 Å². The number of anilines is 1. The minimum atomic E-state index is -1.02. The highest BCUT2D eigenvalue weighted by Gasteiger charge is 2.27. The number of nitrogens with zero attached hydrogens (tertiary/aromatic N) is 3. The number of carboxylic acid groups (broad SMARTS) is 1. The van der Waals surface area contributed by atoms with Gasteiger partial charge >= 0.3 is 5.97 Å². The Morgan fingerprint density at radius 1 is 1.03 bits per heavy atom. The molecule has 0 bridgehead atoms. The first-order valence-corrected chi connectivity index (χ1v) is 11.9. The van der Waals surface area contributed by atoms with Crippen molar-refractivity contribution in [3.8, 4) is 28.5 Å². The van der Waals surface area contributed by atoms with Crippen molar-refractivity contribution in [3.05, 3.63) is 95.4 Å². The average molecular weight is 482 g/mol. The molecule has 0 saturated heterocycles.